The summed E-state index contributed by atoms with van der Waals surface area (Å²) in [7, 11) is 2.15. The zero-order chi connectivity index (χ0) is 14.7. The van der Waals surface area contributed by atoms with Gasteiger partial charge in [-0.3, -0.25) is 0 Å². The maximum absolute atomic E-state index is 2.31. The van der Waals surface area contributed by atoms with Gasteiger partial charge in [0.1, 0.15) is 0 Å². The highest BCUT2D eigenvalue weighted by atomic mass is 15.1. The van der Waals surface area contributed by atoms with Crippen molar-refractivity contribution in [1.82, 2.24) is 0 Å². The second-order valence-corrected chi connectivity index (χ2v) is 5.86. The van der Waals surface area contributed by atoms with Gasteiger partial charge in [-0.2, -0.15) is 0 Å². The predicted octanol–water partition coefficient (Wildman–Crippen LogP) is 5.16. The number of benzene rings is 2. The summed E-state index contributed by atoms with van der Waals surface area (Å²) in [6, 6.07) is 15.8. The molecule has 108 valence electrons. The molecule has 1 aliphatic rings. The lowest BCUT2D eigenvalue weighted by Crippen LogP contribution is -2.20. The summed E-state index contributed by atoms with van der Waals surface area (Å²) < 4.78 is 0. The maximum atomic E-state index is 2.31. The first-order chi connectivity index (χ1) is 10.3. The van der Waals surface area contributed by atoms with Crippen LogP contribution in [0.3, 0.4) is 0 Å². The van der Waals surface area contributed by atoms with Crippen LogP contribution >= 0.6 is 0 Å². The topological polar surface area (TPSA) is 3.24 Å². The SMILES string of the molecule is CCCCc1ccc(-c2ccc3c(c2)N(C)CC=C3)cc1. The van der Waals surface area contributed by atoms with Crippen LogP contribution in [0.4, 0.5) is 5.69 Å². The van der Waals surface area contributed by atoms with Crippen molar-refractivity contribution < 1.29 is 0 Å². The third-order valence-corrected chi connectivity index (χ3v) is 4.22. The van der Waals surface area contributed by atoms with Crippen LogP contribution in [-0.2, 0) is 6.42 Å². The highest BCUT2D eigenvalue weighted by Gasteiger charge is 2.10. The summed E-state index contributed by atoms with van der Waals surface area (Å²) in [5.74, 6) is 0. The minimum atomic E-state index is 0.992. The van der Waals surface area contributed by atoms with Crippen LogP contribution in [0.2, 0.25) is 0 Å². The Morgan fingerprint density at radius 3 is 2.52 bits per heavy atom. The number of anilines is 1. The van der Waals surface area contributed by atoms with Gasteiger partial charge in [-0.25, -0.2) is 0 Å². The molecule has 2 aromatic carbocycles. The number of unbranched alkanes of at least 4 members (excludes halogenated alkanes) is 1. The lowest BCUT2D eigenvalue weighted by atomic mass is 9.98. The molecule has 0 saturated heterocycles. The van der Waals surface area contributed by atoms with E-state index < -0.39 is 0 Å². The minimum absolute atomic E-state index is 0.992. The highest BCUT2D eigenvalue weighted by Crippen LogP contribution is 2.30. The lowest BCUT2D eigenvalue weighted by molar-refractivity contribution is 0.795. The van der Waals surface area contributed by atoms with Crippen molar-refractivity contribution in [3.63, 3.8) is 0 Å². The normalized spacial score (nSPS) is 13.3. The summed E-state index contributed by atoms with van der Waals surface area (Å²) in [6.45, 7) is 3.23. The van der Waals surface area contributed by atoms with Gasteiger partial charge in [0, 0.05) is 19.3 Å². The molecule has 0 aliphatic carbocycles. The van der Waals surface area contributed by atoms with Gasteiger partial charge in [0.05, 0.1) is 0 Å². The number of hydrogen-bond acceptors (Lipinski definition) is 1. The Kier molecular flexibility index (Phi) is 4.10. The van der Waals surface area contributed by atoms with Gasteiger partial charge in [0.15, 0.2) is 0 Å². The average Bonchev–Trinajstić information content (AvgIpc) is 2.54. The molecule has 1 nitrogen and oxygen atoms in total. The van der Waals surface area contributed by atoms with Crippen molar-refractivity contribution in [2.45, 2.75) is 26.2 Å². The predicted molar refractivity (Wildman–Crippen MR) is 92.8 cm³/mol. The lowest BCUT2D eigenvalue weighted by Gasteiger charge is -2.24. The summed E-state index contributed by atoms with van der Waals surface area (Å²) in [5.41, 5.74) is 6.69. The standard InChI is InChI=1S/C20H23N/c1-3-4-6-16-8-10-17(11-9-16)19-13-12-18-7-5-14-21(2)20(18)15-19/h5,7-13,15H,3-4,6,14H2,1-2H3. The molecule has 0 fully saturated rings. The van der Waals surface area contributed by atoms with E-state index in [1.807, 2.05) is 0 Å². The first kappa shape index (κ1) is 13.9. The fourth-order valence-electron chi connectivity index (χ4n) is 2.88. The van der Waals surface area contributed by atoms with Crippen molar-refractivity contribution in [1.29, 1.82) is 0 Å². The maximum Gasteiger partial charge on any atom is 0.0446 e. The fourth-order valence-corrected chi connectivity index (χ4v) is 2.88. The van der Waals surface area contributed by atoms with Gasteiger partial charge < -0.3 is 4.90 Å². The summed E-state index contributed by atoms with van der Waals surface area (Å²) >= 11 is 0. The molecule has 2 aromatic rings. The number of aryl methyl sites for hydroxylation is 1. The molecule has 0 saturated carbocycles. The van der Waals surface area contributed by atoms with Crippen LogP contribution in [0, 0.1) is 0 Å². The zero-order valence-electron chi connectivity index (χ0n) is 13.0. The van der Waals surface area contributed by atoms with E-state index >= 15 is 0 Å². The molecule has 1 heterocycles. The molecule has 0 radical (unpaired) electrons. The Hall–Kier alpha value is -2.02. The monoisotopic (exact) mass is 277 g/mol. The van der Waals surface area contributed by atoms with Crippen molar-refractivity contribution in [3.8, 4) is 11.1 Å². The molecule has 1 aliphatic heterocycles. The summed E-state index contributed by atoms with van der Waals surface area (Å²) in [5, 5.41) is 0. The van der Waals surface area contributed by atoms with Gasteiger partial charge in [-0.1, -0.05) is 61.9 Å². The molecule has 0 amide bonds. The summed E-state index contributed by atoms with van der Waals surface area (Å²) in [4.78, 5) is 2.30. The molecular formula is C20H23N. The molecule has 0 bridgehead atoms. The molecular weight excluding hydrogens is 254 g/mol. The zero-order valence-corrected chi connectivity index (χ0v) is 13.0. The van der Waals surface area contributed by atoms with Crippen molar-refractivity contribution >= 4 is 11.8 Å². The second kappa shape index (κ2) is 6.17. The first-order valence-electron chi connectivity index (χ1n) is 7.89. The van der Waals surface area contributed by atoms with Crippen LogP contribution in [0.1, 0.15) is 30.9 Å². The second-order valence-electron chi connectivity index (χ2n) is 5.86. The van der Waals surface area contributed by atoms with Gasteiger partial charge in [-0.15, -0.1) is 0 Å². The van der Waals surface area contributed by atoms with Gasteiger partial charge in [0.25, 0.3) is 0 Å². The van der Waals surface area contributed by atoms with Crippen LogP contribution in [0.5, 0.6) is 0 Å². The Morgan fingerprint density at radius 1 is 1.00 bits per heavy atom. The number of nitrogens with zero attached hydrogens (tertiary/aromatic N) is 1. The minimum Gasteiger partial charge on any atom is -0.370 e. The highest BCUT2D eigenvalue weighted by molar-refractivity contribution is 5.77. The van der Waals surface area contributed by atoms with Gasteiger partial charge >= 0.3 is 0 Å². The number of rotatable bonds is 4. The van der Waals surface area contributed by atoms with E-state index in [4.69, 9.17) is 0 Å². The first-order valence-corrected chi connectivity index (χ1v) is 7.89. The van der Waals surface area contributed by atoms with E-state index in [-0.39, 0.29) is 0 Å². The molecule has 21 heavy (non-hydrogen) atoms. The van der Waals surface area contributed by atoms with Gasteiger partial charge in [-0.05, 0) is 41.2 Å². The molecule has 0 aromatic heterocycles. The average molecular weight is 277 g/mol. The Bertz CT molecular complexity index is 637. The quantitative estimate of drug-likeness (QED) is 0.746. The van der Waals surface area contributed by atoms with Crippen LogP contribution in [-0.4, -0.2) is 13.6 Å². The molecule has 0 spiro atoms. The van der Waals surface area contributed by atoms with Crippen LogP contribution in [0.15, 0.2) is 48.5 Å². The third kappa shape index (κ3) is 3.02. The Labute approximate surface area is 127 Å². The van der Waals surface area contributed by atoms with E-state index in [1.54, 1.807) is 0 Å². The van der Waals surface area contributed by atoms with Gasteiger partial charge in [0.2, 0.25) is 0 Å². The van der Waals surface area contributed by atoms with E-state index in [2.05, 4.69) is 73.5 Å². The molecule has 0 unspecified atom stereocenters. The largest absolute Gasteiger partial charge is 0.370 e. The van der Waals surface area contributed by atoms with Crippen molar-refractivity contribution in [3.05, 3.63) is 59.7 Å². The Morgan fingerprint density at radius 2 is 1.76 bits per heavy atom. The van der Waals surface area contributed by atoms with E-state index in [9.17, 15) is 0 Å². The van der Waals surface area contributed by atoms with Crippen molar-refractivity contribution in [2.24, 2.45) is 0 Å². The van der Waals surface area contributed by atoms with Crippen LogP contribution < -0.4 is 4.90 Å². The third-order valence-electron chi connectivity index (χ3n) is 4.22. The molecule has 1 heteroatoms. The van der Waals surface area contributed by atoms with Crippen molar-refractivity contribution in [2.75, 3.05) is 18.5 Å². The summed E-state index contributed by atoms with van der Waals surface area (Å²) in [6.07, 6.45) is 8.15. The van der Waals surface area contributed by atoms with Crippen LogP contribution in [0.25, 0.3) is 17.2 Å². The van der Waals surface area contributed by atoms with E-state index in [0.29, 0.717) is 0 Å². The molecule has 3 rings (SSSR count). The molecule has 0 atom stereocenters. The Balaban J connectivity index is 1.87. The van der Waals surface area contributed by atoms with E-state index in [1.165, 1.54) is 47.2 Å². The fraction of sp³-hybridized carbons (Fsp3) is 0.300. The number of hydrogen-bond donors (Lipinski definition) is 0. The van der Waals surface area contributed by atoms with E-state index in [0.717, 1.165) is 6.54 Å². The molecule has 0 N–H and O–H groups in total. The number of likely N-dealkylation sites (N-methyl/N-ethyl adjacent to an activating group) is 1. The smallest absolute Gasteiger partial charge is 0.0446 e. The number of fused-ring (bicyclic) bond motifs is 1.